The molecule has 0 unspecified atom stereocenters. The van der Waals surface area contributed by atoms with E-state index >= 15 is 0 Å². The maximum absolute atomic E-state index is 13.2. The Morgan fingerprint density at radius 3 is 2.71 bits per heavy atom. The van der Waals surface area contributed by atoms with Gasteiger partial charge in [-0.05, 0) is 39.7 Å². The molecule has 5 heteroatoms. The van der Waals surface area contributed by atoms with Crippen molar-refractivity contribution in [2.45, 2.75) is 6.61 Å². The lowest BCUT2D eigenvalue weighted by Crippen LogP contribution is -1.90. The zero-order valence-electron chi connectivity index (χ0n) is 8.73. The van der Waals surface area contributed by atoms with Crippen molar-refractivity contribution in [1.82, 2.24) is 4.98 Å². The van der Waals surface area contributed by atoms with Gasteiger partial charge in [0.1, 0.15) is 17.3 Å². The molecule has 1 aromatic heterocycles. The van der Waals surface area contributed by atoms with Crippen molar-refractivity contribution in [2.24, 2.45) is 0 Å². The van der Waals surface area contributed by atoms with E-state index in [2.05, 4.69) is 20.9 Å². The van der Waals surface area contributed by atoms with Crippen molar-refractivity contribution in [2.75, 3.05) is 0 Å². The minimum Gasteiger partial charge on any atom is -0.456 e. The van der Waals surface area contributed by atoms with Crippen LogP contribution in [0.5, 0.6) is 11.5 Å². The Bertz CT molecular complexity index is 534. The van der Waals surface area contributed by atoms with Gasteiger partial charge in [0.05, 0.1) is 12.8 Å². The van der Waals surface area contributed by atoms with Crippen LogP contribution in [-0.2, 0) is 6.61 Å². The fourth-order valence-electron chi connectivity index (χ4n) is 1.36. The Labute approximate surface area is 106 Å². The second kappa shape index (κ2) is 5.25. The van der Waals surface area contributed by atoms with Crippen LogP contribution < -0.4 is 4.74 Å². The van der Waals surface area contributed by atoms with Crippen LogP contribution in [0.4, 0.5) is 4.39 Å². The van der Waals surface area contributed by atoms with Gasteiger partial charge in [0, 0.05) is 16.7 Å². The summed E-state index contributed by atoms with van der Waals surface area (Å²) in [5.74, 6) is 0.373. The molecule has 0 aliphatic carbocycles. The van der Waals surface area contributed by atoms with E-state index in [4.69, 9.17) is 9.84 Å². The van der Waals surface area contributed by atoms with Gasteiger partial charge in [-0.15, -0.1) is 0 Å². The summed E-state index contributed by atoms with van der Waals surface area (Å²) < 4.78 is 19.4. The third-order valence-electron chi connectivity index (χ3n) is 2.03. The van der Waals surface area contributed by atoms with Gasteiger partial charge in [0.25, 0.3) is 0 Å². The molecule has 0 saturated heterocycles. The standard InChI is InChI=1S/C12H9BrFNO2/c13-9-3-12(6-15-5-9)17-11-2-8(7-16)1-10(14)4-11/h1-6,16H,7H2. The number of pyridine rings is 1. The maximum atomic E-state index is 13.2. The van der Waals surface area contributed by atoms with Crippen molar-refractivity contribution >= 4 is 15.9 Å². The summed E-state index contributed by atoms with van der Waals surface area (Å²) in [6.07, 6.45) is 3.14. The molecule has 0 radical (unpaired) electrons. The van der Waals surface area contributed by atoms with Crippen molar-refractivity contribution in [3.8, 4) is 11.5 Å². The molecule has 0 saturated carbocycles. The van der Waals surface area contributed by atoms with Gasteiger partial charge in [-0.25, -0.2) is 4.39 Å². The molecule has 1 heterocycles. The third-order valence-corrected chi connectivity index (χ3v) is 2.46. The van der Waals surface area contributed by atoms with Crippen LogP contribution in [0.15, 0.2) is 41.1 Å². The number of hydrogen-bond donors (Lipinski definition) is 1. The molecule has 0 spiro atoms. The molecule has 0 aliphatic rings. The predicted octanol–water partition coefficient (Wildman–Crippen LogP) is 3.27. The van der Waals surface area contributed by atoms with Crippen molar-refractivity contribution in [3.05, 3.63) is 52.5 Å². The number of aliphatic hydroxyl groups is 1. The fraction of sp³-hybridized carbons (Fsp3) is 0.0833. The lowest BCUT2D eigenvalue weighted by molar-refractivity contribution is 0.280. The zero-order valence-corrected chi connectivity index (χ0v) is 10.3. The van der Waals surface area contributed by atoms with Gasteiger partial charge < -0.3 is 9.84 Å². The van der Waals surface area contributed by atoms with E-state index in [-0.39, 0.29) is 6.61 Å². The average molecular weight is 298 g/mol. The van der Waals surface area contributed by atoms with Crippen LogP contribution in [-0.4, -0.2) is 10.1 Å². The smallest absolute Gasteiger partial charge is 0.146 e. The highest BCUT2D eigenvalue weighted by molar-refractivity contribution is 9.10. The number of hydrogen-bond acceptors (Lipinski definition) is 3. The number of benzene rings is 1. The first-order valence-electron chi connectivity index (χ1n) is 4.86. The van der Waals surface area contributed by atoms with Gasteiger partial charge in [0.2, 0.25) is 0 Å². The lowest BCUT2D eigenvalue weighted by Gasteiger charge is -2.07. The molecule has 0 fully saturated rings. The molecule has 3 nitrogen and oxygen atoms in total. The normalized spacial score (nSPS) is 10.3. The van der Waals surface area contributed by atoms with E-state index < -0.39 is 5.82 Å². The van der Waals surface area contributed by atoms with Crippen LogP contribution in [0.2, 0.25) is 0 Å². The molecular formula is C12H9BrFNO2. The maximum Gasteiger partial charge on any atom is 0.146 e. The van der Waals surface area contributed by atoms with Crippen LogP contribution in [0, 0.1) is 5.82 Å². The number of rotatable bonds is 3. The number of ether oxygens (including phenoxy) is 1. The highest BCUT2D eigenvalue weighted by atomic mass is 79.9. The average Bonchev–Trinajstić information content (AvgIpc) is 2.28. The lowest BCUT2D eigenvalue weighted by atomic mass is 10.2. The molecule has 2 aromatic rings. The minimum absolute atomic E-state index is 0.231. The monoisotopic (exact) mass is 297 g/mol. The summed E-state index contributed by atoms with van der Waals surface area (Å²) in [5.41, 5.74) is 0.461. The SMILES string of the molecule is OCc1cc(F)cc(Oc2cncc(Br)c2)c1. The summed E-state index contributed by atoms with van der Waals surface area (Å²) >= 11 is 3.26. The molecule has 88 valence electrons. The van der Waals surface area contributed by atoms with Crippen LogP contribution in [0.25, 0.3) is 0 Å². The molecule has 0 bridgehead atoms. The van der Waals surface area contributed by atoms with E-state index in [1.54, 1.807) is 18.3 Å². The molecule has 0 atom stereocenters. The van der Waals surface area contributed by atoms with Gasteiger partial charge in [0.15, 0.2) is 0 Å². The van der Waals surface area contributed by atoms with Gasteiger partial charge in [-0.1, -0.05) is 0 Å². The highest BCUT2D eigenvalue weighted by Gasteiger charge is 2.03. The predicted molar refractivity (Wildman–Crippen MR) is 64.3 cm³/mol. The van der Waals surface area contributed by atoms with E-state index in [9.17, 15) is 4.39 Å². The fourth-order valence-corrected chi connectivity index (χ4v) is 1.70. The molecule has 0 amide bonds. The summed E-state index contributed by atoms with van der Waals surface area (Å²) in [4.78, 5) is 3.93. The molecule has 2 rings (SSSR count). The Balaban J connectivity index is 2.26. The van der Waals surface area contributed by atoms with Gasteiger partial charge >= 0.3 is 0 Å². The topological polar surface area (TPSA) is 42.4 Å². The van der Waals surface area contributed by atoms with Crippen LogP contribution in [0.3, 0.4) is 0 Å². The molecule has 1 aromatic carbocycles. The minimum atomic E-state index is -0.450. The van der Waals surface area contributed by atoms with E-state index in [1.165, 1.54) is 18.3 Å². The summed E-state index contributed by atoms with van der Waals surface area (Å²) in [6.45, 7) is -0.231. The molecule has 0 aliphatic heterocycles. The second-order valence-corrected chi connectivity index (χ2v) is 4.31. The Kier molecular flexibility index (Phi) is 3.71. The second-order valence-electron chi connectivity index (χ2n) is 3.39. The zero-order chi connectivity index (χ0) is 12.3. The highest BCUT2D eigenvalue weighted by Crippen LogP contribution is 2.25. The van der Waals surface area contributed by atoms with E-state index in [1.807, 2.05) is 0 Å². The number of aliphatic hydroxyl groups excluding tert-OH is 1. The first-order chi connectivity index (χ1) is 8.17. The first-order valence-corrected chi connectivity index (χ1v) is 5.65. The first kappa shape index (κ1) is 12.0. The Hall–Kier alpha value is -1.46. The molecule has 17 heavy (non-hydrogen) atoms. The number of nitrogens with zero attached hydrogens (tertiary/aromatic N) is 1. The largest absolute Gasteiger partial charge is 0.456 e. The van der Waals surface area contributed by atoms with E-state index in [0.717, 1.165) is 4.47 Å². The Morgan fingerprint density at radius 2 is 2.00 bits per heavy atom. The van der Waals surface area contributed by atoms with Crippen molar-refractivity contribution < 1.29 is 14.2 Å². The number of halogens is 2. The molecular weight excluding hydrogens is 289 g/mol. The third kappa shape index (κ3) is 3.25. The van der Waals surface area contributed by atoms with Gasteiger partial charge in [-0.3, -0.25) is 4.98 Å². The number of aromatic nitrogens is 1. The summed E-state index contributed by atoms with van der Waals surface area (Å²) in [7, 11) is 0. The Morgan fingerprint density at radius 1 is 1.18 bits per heavy atom. The van der Waals surface area contributed by atoms with Crippen molar-refractivity contribution in [1.29, 1.82) is 0 Å². The summed E-state index contributed by atoms with van der Waals surface area (Å²) in [5, 5.41) is 8.95. The van der Waals surface area contributed by atoms with Gasteiger partial charge in [-0.2, -0.15) is 0 Å². The van der Waals surface area contributed by atoms with Crippen molar-refractivity contribution in [3.63, 3.8) is 0 Å². The quantitative estimate of drug-likeness (QED) is 0.945. The molecule has 1 N–H and O–H groups in total. The van der Waals surface area contributed by atoms with Crippen LogP contribution in [0.1, 0.15) is 5.56 Å². The van der Waals surface area contributed by atoms with Crippen LogP contribution >= 0.6 is 15.9 Å². The summed E-state index contributed by atoms with van der Waals surface area (Å²) in [6, 6.07) is 5.80. The van der Waals surface area contributed by atoms with E-state index in [0.29, 0.717) is 17.1 Å².